The van der Waals surface area contributed by atoms with Crippen LogP contribution < -0.4 is 14.8 Å². The number of hydrogen-bond acceptors (Lipinski definition) is 6. The molecule has 0 atom stereocenters. The molecule has 0 aliphatic carbocycles. The Labute approximate surface area is 170 Å². The van der Waals surface area contributed by atoms with Crippen LogP contribution in [0.2, 0.25) is 0 Å². The number of imidazole rings is 1. The van der Waals surface area contributed by atoms with E-state index < -0.39 is 0 Å². The maximum absolute atomic E-state index is 12.9. The van der Waals surface area contributed by atoms with Gasteiger partial charge in [-0.1, -0.05) is 0 Å². The largest absolute Gasteiger partial charge is 0.484 e. The summed E-state index contributed by atoms with van der Waals surface area (Å²) in [7, 11) is 0. The second-order valence-electron chi connectivity index (χ2n) is 6.12. The Morgan fingerprint density at radius 1 is 0.967 bits per heavy atom. The first-order valence-corrected chi connectivity index (χ1v) is 8.94. The molecule has 0 aliphatic heterocycles. The van der Waals surface area contributed by atoms with E-state index in [1.165, 1.54) is 24.3 Å². The highest BCUT2D eigenvalue weighted by atomic mass is 19.1. The molecule has 2 aromatic carbocycles. The van der Waals surface area contributed by atoms with Crippen molar-refractivity contribution in [2.75, 3.05) is 11.9 Å². The number of rotatable bonds is 7. The molecule has 0 saturated carbocycles. The molecule has 0 bridgehead atoms. The highest BCUT2D eigenvalue weighted by molar-refractivity contribution is 5.91. The maximum Gasteiger partial charge on any atom is 0.262 e. The van der Waals surface area contributed by atoms with Gasteiger partial charge in [-0.25, -0.2) is 9.37 Å². The van der Waals surface area contributed by atoms with E-state index in [4.69, 9.17) is 9.47 Å². The average Bonchev–Trinajstić information content (AvgIpc) is 3.30. The Balaban J connectivity index is 1.29. The number of amides is 1. The molecule has 9 heteroatoms. The Kier molecular flexibility index (Phi) is 5.61. The molecule has 150 valence electrons. The quantitative estimate of drug-likeness (QED) is 0.505. The van der Waals surface area contributed by atoms with Crippen molar-refractivity contribution in [3.05, 3.63) is 85.2 Å². The monoisotopic (exact) mass is 405 g/mol. The zero-order valence-corrected chi connectivity index (χ0v) is 15.6. The minimum atomic E-state index is -0.366. The number of anilines is 1. The third-order valence-corrected chi connectivity index (χ3v) is 3.94. The molecule has 2 aromatic heterocycles. The number of halogens is 1. The molecule has 1 N–H and O–H groups in total. The fourth-order valence-corrected chi connectivity index (χ4v) is 2.50. The van der Waals surface area contributed by atoms with Crippen molar-refractivity contribution in [1.82, 2.24) is 19.7 Å². The number of aromatic nitrogens is 4. The molecular weight excluding hydrogens is 389 g/mol. The zero-order chi connectivity index (χ0) is 20.8. The first kappa shape index (κ1) is 19.1. The van der Waals surface area contributed by atoms with Gasteiger partial charge in [0.1, 0.15) is 23.6 Å². The molecule has 2 heterocycles. The SMILES string of the molecule is O=C(COc1ccc(F)cc1)Nc1ccc(Oc2ccc(-n3ccnc3)nn2)cc1. The molecule has 0 aliphatic rings. The van der Waals surface area contributed by atoms with E-state index in [1.807, 2.05) is 0 Å². The van der Waals surface area contributed by atoms with Crippen LogP contribution in [0.1, 0.15) is 0 Å². The Morgan fingerprint density at radius 2 is 1.73 bits per heavy atom. The summed E-state index contributed by atoms with van der Waals surface area (Å²) in [6.45, 7) is -0.192. The molecule has 1 amide bonds. The van der Waals surface area contributed by atoms with Crippen LogP contribution in [-0.2, 0) is 4.79 Å². The molecule has 0 spiro atoms. The van der Waals surface area contributed by atoms with E-state index >= 15 is 0 Å². The normalized spacial score (nSPS) is 10.4. The second-order valence-corrected chi connectivity index (χ2v) is 6.12. The summed E-state index contributed by atoms with van der Waals surface area (Å²) in [5, 5.41) is 10.8. The summed E-state index contributed by atoms with van der Waals surface area (Å²) in [5.74, 6) is 1.21. The number of carbonyl (C=O) groups is 1. The van der Waals surface area contributed by atoms with Gasteiger partial charge >= 0.3 is 0 Å². The average molecular weight is 405 g/mol. The lowest BCUT2D eigenvalue weighted by Crippen LogP contribution is -2.20. The maximum atomic E-state index is 12.9. The van der Waals surface area contributed by atoms with Crippen molar-refractivity contribution in [1.29, 1.82) is 0 Å². The predicted molar refractivity (Wildman–Crippen MR) is 106 cm³/mol. The van der Waals surface area contributed by atoms with Crippen molar-refractivity contribution < 1.29 is 18.7 Å². The van der Waals surface area contributed by atoms with E-state index in [-0.39, 0.29) is 18.3 Å². The lowest BCUT2D eigenvalue weighted by molar-refractivity contribution is -0.118. The van der Waals surface area contributed by atoms with Crippen molar-refractivity contribution >= 4 is 11.6 Å². The topological polar surface area (TPSA) is 91.2 Å². The third kappa shape index (κ3) is 4.96. The fraction of sp³-hybridized carbons (Fsp3) is 0.0476. The van der Waals surface area contributed by atoms with Crippen molar-refractivity contribution in [3.8, 4) is 23.2 Å². The van der Waals surface area contributed by atoms with Crippen LogP contribution in [0.4, 0.5) is 10.1 Å². The van der Waals surface area contributed by atoms with Crippen LogP contribution in [0.5, 0.6) is 17.4 Å². The van der Waals surface area contributed by atoms with Gasteiger partial charge in [0.25, 0.3) is 5.91 Å². The van der Waals surface area contributed by atoms with Gasteiger partial charge in [0, 0.05) is 24.1 Å². The first-order valence-electron chi connectivity index (χ1n) is 8.94. The van der Waals surface area contributed by atoms with Crippen LogP contribution in [0.25, 0.3) is 5.82 Å². The summed E-state index contributed by atoms with van der Waals surface area (Å²) in [4.78, 5) is 16.0. The number of hydrogen-bond donors (Lipinski definition) is 1. The number of nitrogens with one attached hydrogen (secondary N) is 1. The van der Waals surface area contributed by atoms with Crippen molar-refractivity contribution in [2.45, 2.75) is 0 Å². The molecule has 30 heavy (non-hydrogen) atoms. The zero-order valence-electron chi connectivity index (χ0n) is 15.6. The molecule has 0 saturated heterocycles. The summed E-state index contributed by atoms with van der Waals surface area (Å²) in [6.07, 6.45) is 5.05. The minimum absolute atomic E-state index is 0.192. The van der Waals surface area contributed by atoms with E-state index in [1.54, 1.807) is 59.7 Å². The molecule has 0 fully saturated rings. The van der Waals surface area contributed by atoms with Gasteiger partial charge < -0.3 is 14.8 Å². The van der Waals surface area contributed by atoms with Gasteiger partial charge in [-0.15, -0.1) is 10.2 Å². The minimum Gasteiger partial charge on any atom is -0.484 e. The summed E-state index contributed by atoms with van der Waals surface area (Å²) in [6, 6.07) is 15.7. The van der Waals surface area contributed by atoms with Gasteiger partial charge in [0.2, 0.25) is 5.88 Å². The lowest BCUT2D eigenvalue weighted by Gasteiger charge is -2.09. The third-order valence-electron chi connectivity index (χ3n) is 3.94. The molecule has 4 aromatic rings. The van der Waals surface area contributed by atoms with Crippen LogP contribution in [0, 0.1) is 5.82 Å². The van der Waals surface area contributed by atoms with E-state index in [0.29, 0.717) is 28.9 Å². The summed E-state index contributed by atoms with van der Waals surface area (Å²) < 4.78 is 25.6. The number of ether oxygens (including phenoxy) is 2. The van der Waals surface area contributed by atoms with Gasteiger partial charge in [-0.05, 0) is 54.6 Å². The molecule has 0 unspecified atom stereocenters. The highest BCUT2D eigenvalue weighted by Gasteiger charge is 2.06. The Morgan fingerprint density at radius 3 is 2.40 bits per heavy atom. The van der Waals surface area contributed by atoms with Crippen molar-refractivity contribution in [3.63, 3.8) is 0 Å². The van der Waals surface area contributed by atoms with E-state index in [9.17, 15) is 9.18 Å². The van der Waals surface area contributed by atoms with Crippen LogP contribution in [0.3, 0.4) is 0 Å². The number of carbonyl (C=O) groups excluding carboxylic acids is 1. The number of benzene rings is 2. The van der Waals surface area contributed by atoms with Gasteiger partial charge in [-0.3, -0.25) is 9.36 Å². The lowest BCUT2D eigenvalue weighted by atomic mass is 10.3. The predicted octanol–water partition coefficient (Wildman–Crippen LogP) is 3.61. The van der Waals surface area contributed by atoms with E-state index in [2.05, 4.69) is 20.5 Å². The number of nitrogens with zero attached hydrogens (tertiary/aromatic N) is 4. The summed E-state index contributed by atoms with van der Waals surface area (Å²) >= 11 is 0. The Hall–Kier alpha value is -4.27. The molecular formula is C21H16FN5O3. The van der Waals surface area contributed by atoms with Gasteiger partial charge in [-0.2, -0.15) is 0 Å². The van der Waals surface area contributed by atoms with Crippen LogP contribution >= 0.6 is 0 Å². The smallest absolute Gasteiger partial charge is 0.262 e. The van der Waals surface area contributed by atoms with Crippen LogP contribution in [-0.4, -0.2) is 32.3 Å². The highest BCUT2D eigenvalue weighted by Crippen LogP contribution is 2.21. The molecule has 0 radical (unpaired) electrons. The second kappa shape index (κ2) is 8.82. The van der Waals surface area contributed by atoms with Crippen LogP contribution in [0.15, 0.2) is 79.4 Å². The Bertz CT molecular complexity index is 1100. The molecule has 4 rings (SSSR count). The molecule has 8 nitrogen and oxygen atoms in total. The van der Waals surface area contributed by atoms with Crippen molar-refractivity contribution in [2.24, 2.45) is 0 Å². The summed E-state index contributed by atoms with van der Waals surface area (Å²) in [5.41, 5.74) is 0.580. The van der Waals surface area contributed by atoms with E-state index in [0.717, 1.165) is 0 Å². The van der Waals surface area contributed by atoms with Gasteiger partial charge in [0.05, 0.1) is 0 Å². The first-order chi connectivity index (χ1) is 14.7. The standard InChI is InChI=1S/C21H16FN5O3/c22-15-1-5-17(6-2-15)29-13-20(28)24-16-3-7-18(8-4-16)30-21-10-9-19(25-26-21)27-12-11-23-14-27/h1-12,14H,13H2,(H,24,28). The van der Waals surface area contributed by atoms with Gasteiger partial charge in [0.15, 0.2) is 12.4 Å². The fourth-order valence-electron chi connectivity index (χ4n) is 2.50.